The van der Waals surface area contributed by atoms with Gasteiger partial charge in [-0.05, 0) is 69.0 Å². The van der Waals surface area contributed by atoms with Crippen LogP contribution in [0.5, 0.6) is 5.75 Å². The van der Waals surface area contributed by atoms with Crippen LogP contribution in [0.2, 0.25) is 0 Å². The van der Waals surface area contributed by atoms with Crippen LogP contribution in [0.15, 0.2) is 48.8 Å². The fourth-order valence-corrected chi connectivity index (χ4v) is 3.27. The van der Waals surface area contributed by atoms with Crippen LogP contribution < -0.4 is 10.2 Å². The number of nitrogens with one attached hydrogen (secondary N) is 1. The Labute approximate surface area is 159 Å². The minimum Gasteiger partial charge on any atom is -0.494 e. The first-order valence-corrected chi connectivity index (χ1v) is 9.35. The Morgan fingerprint density at radius 1 is 1.22 bits per heavy atom. The van der Waals surface area contributed by atoms with Crippen molar-refractivity contribution in [2.75, 3.05) is 13.2 Å². The van der Waals surface area contributed by atoms with Gasteiger partial charge in [-0.2, -0.15) is 0 Å². The summed E-state index contributed by atoms with van der Waals surface area (Å²) in [7, 11) is 0. The molecule has 0 saturated carbocycles. The summed E-state index contributed by atoms with van der Waals surface area (Å²) in [5, 5.41) is 2.04. The number of pyridine rings is 1. The van der Waals surface area contributed by atoms with E-state index >= 15 is 0 Å². The lowest BCUT2D eigenvalue weighted by Crippen LogP contribution is -2.45. The van der Waals surface area contributed by atoms with Crippen molar-refractivity contribution in [3.8, 4) is 5.75 Å². The standard InChI is InChI=1S/C21H25N3O3/c1-16(25)17-8-10-20(11-9-17)27-14-4-7-19-6-3-13-24(19)23-21(26)18-5-2-12-22-15-18/h2,5,8-12,15,19H,3-4,6-7,13-14H2,1H3,(H,23,26). The van der Waals surface area contributed by atoms with Crippen molar-refractivity contribution in [1.29, 1.82) is 0 Å². The molecule has 0 aliphatic carbocycles. The van der Waals surface area contributed by atoms with Gasteiger partial charge in [0.2, 0.25) is 0 Å². The number of carbonyl (C=O) groups is 2. The van der Waals surface area contributed by atoms with Gasteiger partial charge in [0.1, 0.15) is 5.75 Å². The summed E-state index contributed by atoms with van der Waals surface area (Å²) in [6.07, 6.45) is 7.23. The number of aromatic nitrogens is 1. The predicted molar refractivity (Wildman–Crippen MR) is 103 cm³/mol. The molecule has 6 nitrogen and oxygen atoms in total. The normalized spacial score (nSPS) is 16.9. The zero-order valence-corrected chi connectivity index (χ0v) is 15.6. The van der Waals surface area contributed by atoms with Crippen LogP contribution in [0.25, 0.3) is 0 Å². The monoisotopic (exact) mass is 367 g/mol. The molecule has 1 aliphatic heterocycles. The van der Waals surface area contributed by atoms with Crippen LogP contribution in [0.3, 0.4) is 0 Å². The first-order valence-electron chi connectivity index (χ1n) is 9.35. The predicted octanol–water partition coefficient (Wildman–Crippen LogP) is 3.25. The maximum atomic E-state index is 12.3. The molecule has 1 amide bonds. The molecular formula is C21H25N3O3. The van der Waals surface area contributed by atoms with Crippen LogP contribution in [-0.2, 0) is 0 Å². The number of benzene rings is 1. The van der Waals surface area contributed by atoms with Gasteiger partial charge in [-0.3, -0.25) is 20.0 Å². The lowest BCUT2D eigenvalue weighted by molar-refractivity contribution is 0.0750. The van der Waals surface area contributed by atoms with E-state index < -0.39 is 0 Å². The molecule has 1 saturated heterocycles. The molecule has 1 fully saturated rings. The lowest BCUT2D eigenvalue weighted by Gasteiger charge is -2.25. The van der Waals surface area contributed by atoms with E-state index in [-0.39, 0.29) is 11.7 Å². The topological polar surface area (TPSA) is 71.5 Å². The second-order valence-corrected chi connectivity index (χ2v) is 6.74. The molecule has 0 spiro atoms. The van der Waals surface area contributed by atoms with Gasteiger partial charge >= 0.3 is 0 Å². The SMILES string of the molecule is CC(=O)c1ccc(OCCCC2CCCN2NC(=O)c2cccnc2)cc1. The second kappa shape index (κ2) is 9.28. The van der Waals surface area contributed by atoms with Crippen LogP contribution in [0.4, 0.5) is 0 Å². The Hall–Kier alpha value is -2.73. The number of ether oxygens (including phenoxy) is 1. The van der Waals surface area contributed by atoms with Crippen molar-refractivity contribution >= 4 is 11.7 Å². The summed E-state index contributed by atoms with van der Waals surface area (Å²) in [5.41, 5.74) is 4.26. The highest BCUT2D eigenvalue weighted by Crippen LogP contribution is 2.20. The molecule has 3 rings (SSSR count). The number of carbonyl (C=O) groups excluding carboxylic acids is 2. The average molecular weight is 367 g/mol. The van der Waals surface area contributed by atoms with E-state index in [1.165, 1.54) is 0 Å². The minimum absolute atomic E-state index is 0.0520. The van der Waals surface area contributed by atoms with Gasteiger partial charge in [0, 0.05) is 30.5 Å². The van der Waals surface area contributed by atoms with E-state index in [9.17, 15) is 9.59 Å². The summed E-state index contributed by atoms with van der Waals surface area (Å²) in [6, 6.07) is 11.1. The Balaban J connectivity index is 1.42. The summed E-state index contributed by atoms with van der Waals surface area (Å²) < 4.78 is 5.76. The fraction of sp³-hybridized carbons (Fsp3) is 0.381. The smallest absolute Gasteiger partial charge is 0.267 e. The van der Waals surface area contributed by atoms with Gasteiger partial charge < -0.3 is 4.74 Å². The van der Waals surface area contributed by atoms with Gasteiger partial charge in [0.05, 0.1) is 12.2 Å². The number of Topliss-reactive ketones (excluding diaryl/α,β-unsaturated/α-hetero) is 1. The quantitative estimate of drug-likeness (QED) is 0.573. The van der Waals surface area contributed by atoms with Crippen molar-refractivity contribution in [2.45, 2.75) is 38.6 Å². The van der Waals surface area contributed by atoms with E-state index in [1.807, 2.05) is 17.1 Å². The van der Waals surface area contributed by atoms with Gasteiger partial charge in [-0.15, -0.1) is 0 Å². The lowest BCUT2D eigenvalue weighted by atomic mass is 10.1. The summed E-state index contributed by atoms with van der Waals surface area (Å²) in [6.45, 7) is 3.03. The van der Waals surface area contributed by atoms with Gasteiger partial charge in [0.25, 0.3) is 5.91 Å². The Morgan fingerprint density at radius 3 is 2.74 bits per heavy atom. The van der Waals surface area contributed by atoms with E-state index in [2.05, 4.69) is 10.4 Å². The van der Waals surface area contributed by atoms with Crippen LogP contribution >= 0.6 is 0 Å². The van der Waals surface area contributed by atoms with Crippen LogP contribution in [0, 0.1) is 0 Å². The van der Waals surface area contributed by atoms with Crippen molar-refractivity contribution in [1.82, 2.24) is 15.4 Å². The zero-order valence-electron chi connectivity index (χ0n) is 15.6. The Morgan fingerprint density at radius 2 is 2.04 bits per heavy atom. The summed E-state index contributed by atoms with van der Waals surface area (Å²) >= 11 is 0. The van der Waals surface area contributed by atoms with Crippen LogP contribution in [0.1, 0.15) is 53.3 Å². The van der Waals surface area contributed by atoms with Crippen LogP contribution in [-0.4, -0.2) is 40.9 Å². The maximum Gasteiger partial charge on any atom is 0.267 e. The number of rotatable bonds is 8. The third kappa shape index (κ3) is 5.37. The Kier molecular flexibility index (Phi) is 6.54. The molecule has 142 valence electrons. The molecule has 27 heavy (non-hydrogen) atoms. The first kappa shape index (κ1) is 19.0. The minimum atomic E-state index is -0.114. The zero-order chi connectivity index (χ0) is 19.1. The van der Waals surface area contributed by atoms with Crippen molar-refractivity contribution < 1.29 is 14.3 Å². The first-order chi connectivity index (χ1) is 13.1. The van der Waals surface area contributed by atoms with Crippen molar-refractivity contribution in [2.24, 2.45) is 0 Å². The molecule has 0 radical (unpaired) electrons. The highest BCUT2D eigenvalue weighted by molar-refractivity contribution is 5.94. The third-order valence-corrected chi connectivity index (χ3v) is 4.76. The summed E-state index contributed by atoms with van der Waals surface area (Å²) in [5.74, 6) is 0.709. The number of hydrogen-bond donors (Lipinski definition) is 1. The van der Waals surface area contributed by atoms with E-state index in [4.69, 9.17) is 4.74 Å². The van der Waals surface area contributed by atoms with E-state index in [1.54, 1.807) is 43.6 Å². The van der Waals surface area contributed by atoms with E-state index in [0.29, 0.717) is 23.8 Å². The molecule has 1 aromatic heterocycles. The second-order valence-electron chi connectivity index (χ2n) is 6.74. The van der Waals surface area contributed by atoms with E-state index in [0.717, 1.165) is 38.0 Å². The molecule has 2 aromatic rings. The van der Waals surface area contributed by atoms with Gasteiger partial charge in [0.15, 0.2) is 5.78 Å². The third-order valence-electron chi connectivity index (χ3n) is 4.76. The number of hydrazine groups is 1. The molecule has 1 N–H and O–H groups in total. The Bertz CT molecular complexity index is 762. The largest absolute Gasteiger partial charge is 0.494 e. The number of hydrogen-bond acceptors (Lipinski definition) is 5. The highest BCUT2D eigenvalue weighted by Gasteiger charge is 2.25. The van der Waals surface area contributed by atoms with Gasteiger partial charge in [-0.1, -0.05) is 0 Å². The fourth-order valence-electron chi connectivity index (χ4n) is 3.27. The molecule has 6 heteroatoms. The molecule has 1 aliphatic rings. The molecule has 1 atom stereocenters. The van der Waals surface area contributed by atoms with Gasteiger partial charge in [-0.25, -0.2) is 5.01 Å². The van der Waals surface area contributed by atoms with Crippen molar-refractivity contribution in [3.05, 3.63) is 59.9 Å². The maximum absolute atomic E-state index is 12.3. The molecule has 1 aromatic carbocycles. The summed E-state index contributed by atoms with van der Waals surface area (Å²) in [4.78, 5) is 27.6. The molecular weight excluding hydrogens is 342 g/mol. The average Bonchev–Trinajstić information content (AvgIpc) is 3.13. The van der Waals surface area contributed by atoms with Crippen molar-refractivity contribution in [3.63, 3.8) is 0 Å². The number of ketones is 1. The number of amides is 1. The molecule has 0 bridgehead atoms. The molecule has 2 heterocycles. The number of nitrogens with zero attached hydrogens (tertiary/aromatic N) is 2. The molecule has 1 unspecified atom stereocenters. The highest BCUT2D eigenvalue weighted by atomic mass is 16.5.